The number of anilines is 1. The van der Waals surface area contributed by atoms with Gasteiger partial charge in [0.05, 0.1) is 17.9 Å². The normalized spacial score (nSPS) is 14.4. The predicted molar refractivity (Wildman–Crippen MR) is 78.6 cm³/mol. The molecule has 0 heterocycles. The Morgan fingerprint density at radius 1 is 1.38 bits per heavy atom. The Morgan fingerprint density at radius 3 is 2.62 bits per heavy atom. The molecule has 0 unspecified atom stereocenters. The molecule has 1 aliphatic carbocycles. The molecule has 0 saturated heterocycles. The van der Waals surface area contributed by atoms with Crippen LogP contribution in [0.15, 0.2) is 18.2 Å². The summed E-state index contributed by atoms with van der Waals surface area (Å²) < 4.78 is 0. The number of carbonyl (C=O) groups excluding carboxylic acids is 1. The molecular formula is C15H20N2O4. The number of urea groups is 1. The standard InChI is InChI=1S/C15H20N2O4/c1-10-4-2-7-12(14(19)20)13(10)16-15(21)17(8-9-18)11-5-3-6-11/h2,4,7,11,18H,3,5-6,8-9H2,1H3,(H,16,21)(H,19,20). The fourth-order valence-corrected chi connectivity index (χ4v) is 2.45. The molecule has 0 atom stereocenters. The second kappa shape index (κ2) is 6.58. The number of carbonyl (C=O) groups is 2. The first kappa shape index (κ1) is 15.3. The van der Waals surface area contributed by atoms with Crippen molar-refractivity contribution >= 4 is 17.7 Å². The summed E-state index contributed by atoms with van der Waals surface area (Å²) in [7, 11) is 0. The number of carboxylic acid groups (broad SMARTS) is 1. The molecule has 0 aromatic heterocycles. The Hall–Kier alpha value is -2.08. The van der Waals surface area contributed by atoms with Gasteiger partial charge in [0, 0.05) is 12.6 Å². The number of aliphatic hydroxyl groups is 1. The monoisotopic (exact) mass is 292 g/mol. The van der Waals surface area contributed by atoms with Crippen molar-refractivity contribution in [3.63, 3.8) is 0 Å². The molecule has 3 N–H and O–H groups in total. The van der Waals surface area contributed by atoms with Gasteiger partial charge in [-0.25, -0.2) is 9.59 Å². The van der Waals surface area contributed by atoms with Gasteiger partial charge in [-0.3, -0.25) is 0 Å². The number of hydrogen-bond donors (Lipinski definition) is 3. The largest absolute Gasteiger partial charge is 0.478 e. The van der Waals surface area contributed by atoms with Crippen molar-refractivity contribution in [2.45, 2.75) is 32.2 Å². The van der Waals surface area contributed by atoms with Crippen molar-refractivity contribution < 1.29 is 19.8 Å². The van der Waals surface area contributed by atoms with Crippen LogP contribution < -0.4 is 5.32 Å². The summed E-state index contributed by atoms with van der Waals surface area (Å²) in [6.07, 6.45) is 2.92. The lowest BCUT2D eigenvalue weighted by Crippen LogP contribution is -2.47. The van der Waals surface area contributed by atoms with Gasteiger partial charge in [0.2, 0.25) is 0 Å². The molecule has 1 aliphatic rings. The average molecular weight is 292 g/mol. The minimum Gasteiger partial charge on any atom is -0.478 e. The van der Waals surface area contributed by atoms with E-state index in [0.29, 0.717) is 11.3 Å². The number of para-hydroxylation sites is 1. The topological polar surface area (TPSA) is 89.9 Å². The van der Waals surface area contributed by atoms with Crippen molar-refractivity contribution in [1.29, 1.82) is 0 Å². The molecule has 0 aliphatic heterocycles. The number of benzene rings is 1. The molecule has 0 radical (unpaired) electrons. The molecule has 1 saturated carbocycles. The number of carboxylic acids is 1. The van der Waals surface area contributed by atoms with Gasteiger partial charge in [0.1, 0.15) is 0 Å². The second-order valence-electron chi connectivity index (χ2n) is 5.23. The number of nitrogens with one attached hydrogen (secondary N) is 1. The summed E-state index contributed by atoms with van der Waals surface area (Å²) in [5, 5.41) is 21.0. The minimum absolute atomic E-state index is 0.0703. The Morgan fingerprint density at radius 2 is 2.10 bits per heavy atom. The zero-order valence-corrected chi connectivity index (χ0v) is 12.0. The molecular weight excluding hydrogens is 272 g/mol. The van der Waals surface area contributed by atoms with E-state index in [-0.39, 0.29) is 30.8 Å². The van der Waals surface area contributed by atoms with E-state index in [1.54, 1.807) is 24.0 Å². The Kier molecular flexibility index (Phi) is 4.80. The van der Waals surface area contributed by atoms with E-state index in [1.807, 2.05) is 0 Å². The highest BCUT2D eigenvalue weighted by Crippen LogP contribution is 2.26. The van der Waals surface area contributed by atoms with E-state index in [0.717, 1.165) is 19.3 Å². The van der Waals surface area contributed by atoms with Crippen LogP contribution in [0, 0.1) is 6.92 Å². The lowest BCUT2D eigenvalue weighted by Gasteiger charge is -2.37. The van der Waals surface area contributed by atoms with Gasteiger partial charge >= 0.3 is 12.0 Å². The number of rotatable bonds is 5. The zero-order chi connectivity index (χ0) is 15.4. The van der Waals surface area contributed by atoms with E-state index < -0.39 is 5.97 Å². The quantitative estimate of drug-likeness (QED) is 0.775. The lowest BCUT2D eigenvalue weighted by molar-refractivity contribution is 0.0698. The van der Waals surface area contributed by atoms with Gasteiger partial charge in [-0.2, -0.15) is 0 Å². The van der Waals surface area contributed by atoms with Crippen LogP contribution in [0.3, 0.4) is 0 Å². The number of aryl methyl sites for hydroxylation is 1. The lowest BCUT2D eigenvalue weighted by atomic mass is 9.91. The molecule has 2 amide bonds. The maximum absolute atomic E-state index is 12.4. The summed E-state index contributed by atoms with van der Waals surface area (Å²) in [4.78, 5) is 25.2. The van der Waals surface area contributed by atoms with Crippen molar-refractivity contribution in [3.8, 4) is 0 Å². The van der Waals surface area contributed by atoms with Crippen LogP contribution >= 0.6 is 0 Å². The minimum atomic E-state index is -1.08. The first-order valence-corrected chi connectivity index (χ1v) is 7.06. The fraction of sp³-hybridized carbons (Fsp3) is 0.467. The van der Waals surface area contributed by atoms with Gasteiger partial charge in [0.25, 0.3) is 0 Å². The van der Waals surface area contributed by atoms with Gasteiger partial charge < -0.3 is 20.4 Å². The zero-order valence-electron chi connectivity index (χ0n) is 12.0. The van der Waals surface area contributed by atoms with Crippen LogP contribution in [0.2, 0.25) is 0 Å². The Labute approximate surface area is 123 Å². The number of aromatic carboxylic acids is 1. The van der Waals surface area contributed by atoms with Crippen molar-refractivity contribution in [2.24, 2.45) is 0 Å². The SMILES string of the molecule is Cc1cccc(C(=O)O)c1NC(=O)N(CCO)C1CCC1. The third-order valence-electron chi connectivity index (χ3n) is 3.85. The van der Waals surface area contributed by atoms with Gasteiger partial charge in [-0.05, 0) is 37.8 Å². The molecule has 1 aromatic rings. The van der Waals surface area contributed by atoms with Crippen molar-refractivity contribution in [3.05, 3.63) is 29.3 Å². The molecule has 6 heteroatoms. The highest BCUT2D eigenvalue weighted by Gasteiger charge is 2.29. The molecule has 114 valence electrons. The Bertz CT molecular complexity index is 540. The predicted octanol–water partition coefficient (Wildman–Crippen LogP) is 2.07. The molecule has 6 nitrogen and oxygen atoms in total. The number of amides is 2. The Balaban J connectivity index is 2.19. The smallest absolute Gasteiger partial charge is 0.337 e. The van der Waals surface area contributed by atoms with Gasteiger partial charge in [-0.1, -0.05) is 12.1 Å². The van der Waals surface area contributed by atoms with E-state index in [2.05, 4.69) is 5.32 Å². The van der Waals surface area contributed by atoms with Crippen molar-refractivity contribution in [1.82, 2.24) is 4.90 Å². The number of aliphatic hydroxyl groups excluding tert-OH is 1. The van der Waals surface area contributed by atoms with Crippen LogP contribution in [0.5, 0.6) is 0 Å². The van der Waals surface area contributed by atoms with E-state index in [9.17, 15) is 14.7 Å². The fourth-order valence-electron chi connectivity index (χ4n) is 2.45. The van der Waals surface area contributed by atoms with Gasteiger partial charge in [0.15, 0.2) is 0 Å². The summed E-state index contributed by atoms with van der Waals surface area (Å²) in [6.45, 7) is 1.90. The summed E-state index contributed by atoms with van der Waals surface area (Å²) in [5.74, 6) is -1.08. The van der Waals surface area contributed by atoms with Crippen LogP contribution in [-0.2, 0) is 0 Å². The van der Waals surface area contributed by atoms with Gasteiger partial charge in [-0.15, -0.1) is 0 Å². The maximum Gasteiger partial charge on any atom is 0.337 e. The molecule has 0 bridgehead atoms. The van der Waals surface area contributed by atoms with E-state index in [4.69, 9.17) is 5.11 Å². The molecule has 1 fully saturated rings. The van der Waals surface area contributed by atoms with Crippen molar-refractivity contribution in [2.75, 3.05) is 18.5 Å². The third-order valence-corrected chi connectivity index (χ3v) is 3.85. The van der Waals surface area contributed by atoms with E-state index >= 15 is 0 Å². The summed E-state index contributed by atoms with van der Waals surface area (Å²) in [6, 6.07) is 4.64. The molecule has 21 heavy (non-hydrogen) atoms. The molecule has 2 rings (SSSR count). The van der Waals surface area contributed by atoms with Crippen LogP contribution in [0.1, 0.15) is 35.2 Å². The summed E-state index contributed by atoms with van der Waals surface area (Å²) >= 11 is 0. The number of nitrogens with zero attached hydrogens (tertiary/aromatic N) is 1. The first-order chi connectivity index (χ1) is 10.0. The summed E-state index contributed by atoms with van der Waals surface area (Å²) in [5.41, 5.74) is 1.08. The number of hydrogen-bond acceptors (Lipinski definition) is 3. The third kappa shape index (κ3) is 3.33. The van der Waals surface area contributed by atoms with Crippen LogP contribution in [0.25, 0.3) is 0 Å². The second-order valence-corrected chi connectivity index (χ2v) is 5.23. The van der Waals surface area contributed by atoms with Crippen LogP contribution in [-0.4, -0.2) is 46.3 Å². The molecule has 0 spiro atoms. The first-order valence-electron chi connectivity index (χ1n) is 7.06. The highest BCUT2D eigenvalue weighted by molar-refractivity contribution is 6.01. The van der Waals surface area contributed by atoms with Crippen LogP contribution in [0.4, 0.5) is 10.5 Å². The average Bonchev–Trinajstić information content (AvgIpc) is 2.38. The highest BCUT2D eigenvalue weighted by atomic mass is 16.4. The van der Waals surface area contributed by atoms with E-state index in [1.165, 1.54) is 6.07 Å². The maximum atomic E-state index is 12.4. The molecule has 1 aromatic carbocycles.